The Morgan fingerprint density at radius 3 is 1.74 bits per heavy atom. The van der Waals surface area contributed by atoms with Crippen molar-refractivity contribution in [2.45, 2.75) is 77.0 Å². The average Bonchev–Trinajstić information content (AvgIpc) is 2.78. The van der Waals surface area contributed by atoms with E-state index in [1.165, 1.54) is 11.8 Å². The zero-order valence-electron chi connectivity index (χ0n) is 22.6. The van der Waals surface area contributed by atoms with Gasteiger partial charge in [-0.15, -0.1) is 0 Å². The van der Waals surface area contributed by atoms with E-state index in [2.05, 4.69) is 75.8 Å². The molecule has 1 aromatic rings. The van der Waals surface area contributed by atoms with Gasteiger partial charge in [0, 0.05) is 38.4 Å². The maximum Gasteiger partial charge on any atom is 0.225 e. The van der Waals surface area contributed by atoms with Gasteiger partial charge in [-0.3, -0.25) is 4.79 Å². The smallest absolute Gasteiger partial charge is 0.225 e. The van der Waals surface area contributed by atoms with Crippen LogP contribution >= 0.6 is 0 Å². The summed E-state index contributed by atoms with van der Waals surface area (Å²) in [6.45, 7) is 18.4. The zero-order chi connectivity index (χ0) is 25.6. The normalized spacial score (nSPS) is 18.4. The number of sulfone groups is 1. The second kappa shape index (κ2) is 12.5. The van der Waals surface area contributed by atoms with Gasteiger partial charge in [-0.05, 0) is 67.4 Å². The molecule has 0 saturated carbocycles. The summed E-state index contributed by atoms with van der Waals surface area (Å²) >= 11 is 0. The Balaban J connectivity index is 0.000000246. The molecule has 0 aromatic heterocycles. The summed E-state index contributed by atoms with van der Waals surface area (Å²) in [5.41, 5.74) is 3.13. The molecule has 194 valence electrons. The summed E-state index contributed by atoms with van der Waals surface area (Å²) in [5, 5.41) is 3.30. The summed E-state index contributed by atoms with van der Waals surface area (Å²) in [4.78, 5) is 17.0. The molecule has 2 heterocycles. The van der Waals surface area contributed by atoms with E-state index in [1.807, 2.05) is 0 Å². The number of benzene rings is 1. The summed E-state index contributed by atoms with van der Waals surface area (Å²) in [7, 11) is -1.08. The molecular weight excluding hydrogens is 446 g/mol. The molecule has 0 radical (unpaired) electrons. The van der Waals surface area contributed by atoms with E-state index >= 15 is 0 Å². The third-order valence-electron chi connectivity index (χ3n) is 6.95. The van der Waals surface area contributed by atoms with Crippen LogP contribution in [0.3, 0.4) is 0 Å². The van der Waals surface area contributed by atoms with Crippen LogP contribution in [0.5, 0.6) is 0 Å². The number of nitrogens with zero attached hydrogens (tertiary/aromatic N) is 2. The summed E-state index contributed by atoms with van der Waals surface area (Å²) in [5.74, 6) is 1.50. The van der Waals surface area contributed by atoms with Gasteiger partial charge in [0.1, 0.15) is 0 Å². The van der Waals surface area contributed by atoms with Gasteiger partial charge in [-0.25, -0.2) is 8.42 Å². The Labute approximate surface area is 208 Å². The Hall–Kier alpha value is -1.44. The number of rotatable bonds is 5. The van der Waals surface area contributed by atoms with E-state index in [0.29, 0.717) is 16.7 Å². The predicted octanol–water partition coefficient (Wildman–Crippen LogP) is 4.22. The maximum atomic E-state index is 12.2. The number of hydrogen-bond acceptors (Lipinski definition) is 5. The quantitative estimate of drug-likeness (QED) is 0.665. The van der Waals surface area contributed by atoms with E-state index in [4.69, 9.17) is 0 Å². The number of hydrogen-bond donors (Lipinski definition) is 1. The molecular formula is C27H47N3O3S. The Morgan fingerprint density at radius 1 is 0.882 bits per heavy atom. The number of likely N-dealkylation sites (N-methyl/N-ethyl adjacent to an activating group) is 1. The fraction of sp³-hybridized carbons (Fsp3) is 0.741. The van der Waals surface area contributed by atoms with Crippen molar-refractivity contribution in [3.63, 3.8) is 0 Å². The van der Waals surface area contributed by atoms with Crippen LogP contribution in [0.1, 0.15) is 88.8 Å². The van der Waals surface area contributed by atoms with Crippen LogP contribution in [0.15, 0.2) is 17.0 Å². The summed E-state index contributed by atoms with van der Waals surface area (Å²) in [6.07, 6.45) is 3.35. The lowest BCUT2D eigenvalue weighted by Crippen LogP contribution is -2.50. The SMILES string of the molecule is CC(C)c1cc(C(C)C)c(S(C)(=O)=O)c(C(C)C)c1.CN1CCN(C(=O)C2CCNCC2)CC1. The number of piperidine rings is 1. The van der Waals surface area contributed by atoms with Gasteiger partial charge >= 0.3 is 0 Å². The molecule has 3 rings (SSSR count). The minimum absolute atomic E-state index is 0.209. The lowest BCUT2D eigenvalue weighted by Gasteiger charge is -2.35. The highest BCUT2D eigenvalue weighted by Gasteiger charge is 2.27. The highest BCUT2D eigenvalue weighted by Crippen LogP contribution is 2.34. The van der Waals surface area contributed by atoms with Crippen molar-refractivity contribution in [2.24, 2.45) is 5.92 Å². The fourth-order valence-electron chi connectivity index (χ4n) is 4.67. The number of piperazine rings is 1. The molecule has 2 fully saturated rings. The molecule has 2 aliphatic rings. The number of amides is 1. The molecule has 1 aromatic carbocycles. The molecule has 0 unspecified atom stereocenters. The van der Waals surface area contributed by atoms with Crippen LogP contribution in [0.4, 0.5) is 0 Å². The van der Waals surface area contributed by atoms with Crippen molar-refractivity contribution in [3.05, 3.63) is 28.8 Å². The maximum absolute atomic E-state index is 12.2. The van der Waals surface area contributed by atoms with E-state index in [-0.39, 0.29) is 17.8 Å². The molecule has 0 atom stereocenters. The Bertz CT molecular complexity index is 882. The van der Waals surface area contributed by atoms with Gasteiger partial charge in [-0.2, -0.15) is 0 Å². The predicted molar refractivity (Wildman–Crippen MR) is 141 cm³/mol. The van der Waals surface area contributed by atoms with Crippen molar-refractivity contribution in [2.75, 3.05) is 52.6 Å². The van der Waals surface area contributed by atoms with Gasteiger partial charge < -0.3 is 15.1 Å². The van der Waals surface area contributed by atoms with Crippen LogP contribution in [-0.4, -0.2) is 76.7 Å². The van der Waals surface area contributed by atoms with Gasteiger partial charge in [0.25, 0.3) is 0 Å². The molecule has 1 N–H and O–H groups in total. The van der Waals surface area contributed by atoms with Gasteiger partial charge in [-0.1, -0.05) is 53.7 Å². The molecule has 0 spiro atoms. The van der Waals surface area contributed by atoms with Crippen LogP contribution in [0.2, 0.25) is 0 Å². The molecule has 0 bridgehead atoms. The lowest BCUT2D eigenvalue weighted by molar-refractivity contribution is -0.137. The molecule has 34 heavy (non-hydrogen) atoms. The molecule has 0 aliphatic carbocycles. The molecule has 2 saturated heterocycles. The first-order valence-electron chi connectivity index (χ1n) is 12.9. The number of nitrogens with one attached hydrogen (secondary N) is 1. The monoisotopic (exact) mass is 493 g/mol. The Kier molecular flexibility index (Phi) is 10.6. The summed E-state index contributed by atoms with van der Waals surface area (Å²) < 4.78 is 24.3. The highest BCUT2D eigenvalue weighted by molar-refractivity contribution is 7.90. The number of carbonyl (C=O) groups is 1. The Morgan fingerprint density at radius 2 is 1.35 bits per heavy atom. The first-order chi connectivity index (χ1) is 15.8. The second-order valence-electron chi connectivity index (χ2n) is 10.9. The fourth-order valence-corrected chi connectivity index (χ4v) is 6.12. The molecule has 1 amide bonds. The van der Waals surface area contributed by atoms with Crippen LogP contribution < -0.4 is 5.32 Å². The summed E-state index contributed by atoms with van der Waals surface area (Å²) in [6, 6.07) is 4.13. The first-order valence-corrected chi connectivity index (χ1v) is 14.8. The zero-order valence-corrected chi connectivity index (χ0v) is 23.5. The first kappa shape index (κ1) is 28.8. The third-order valence-corrected chi connectivity index (χ3v) is 8.17. The van der Waals surface area contributed by atoms with Crippen molar-refractivity contribution < 1.29 is 13.2 Å². The van der Waals surface area contributed by atoms with E-state index in [0.717, 1.165) is 63.2 Å². The second-order valence-corrected chi connectivity index (χ2v) is 12.9. The van der Waals surface area contributed by atoms with Gasteiger partial charge in [0.05, 0.1) is 4.90 Å². The standard InChI is InChI=1S/C16H26O2S.C11H21N3O/c1-10(2)13-8-14(11(3)4)16(19(7,17)18)15(9-13)12(5)6;1-13-6-8-14(9-7-13)11(15)10-2-4-12-5-3-10/h8-12H,1-7H3;10,12H,2-9H2,1H3. The molecule has 2 aliphatic heterocycles. The van der Waals surface area contributed by atoms with E-state index in [9.17, 15) is 13.2 Å². The average molecular weight is 494 g/mol. The highest BCUT2D eigenvalue weighted by atomic mass is 32.2. The van der Waals surface area contributed by atoms with E-state index < -0.39 is 9.84 Å². The van der Waals surface area contributed by atoms with Crippen LogP contribution in [0.25, 0.3) is 0 Å². The molecule has 7 heteroatoms. The van der Waals surface area contributed by atoms with Crippen LogP contribution in [-0.2, 0) is 14.6 Å². The molecule has 6 nitrogen and oxygen atoms in total. The van der Waals surface area contributed by atoms with Crippen molar-refractivity contribution >= 4 is 15.7 Å². The third kappa shape index (κ3) is 7.79. The van der Waals surface area contributed by atoms with E-state index in [1.54, 1.807) is 0 Å². The van der Waals surface area contributed by atoms with Crippen molar-refractivity contribution in [1.29, 1.82) is 0 Å². The van der Waals surface area contributed by atoms with Gasteiger partial charge in [0.2, 0.25) is 5.91 Å². The largest absolute Gasteiger partial charge is 0.340 e. The number of carbonyl (C=O) groups excluding carboxylic acids is 1. The van der Waals surface area contributed by atoms with Crippen LogP contribution in [0, 0.1) is 5.92 Å². The van der Waals surface area contributed by atoms with Crippen molar-refractivity contribution in [1.82, 2.24) is 15.1 Å². The minimum atomic E-state index is -3.20. The lowest BCUT2D eigenvalue weighted by atomic mass is 9.89. The van der Waals surface area contributed by atoms with Crippen molar-refractivity contribution in [3.8, 4) is 0 Å². The minimum Gasteiger partial charge on any atom is -0.340 e. The topological polar surface area (TPSA) is 69.7 Å². The van der Waals surface area contributed by atoms with Gasteiger partial charge in [0.15, 0.2) is 9.84 Å².